The molecule has 1 unspecified atom stereocenters. The summed E-state index contributed by atoms with van der Waals surface area (Å²) in [5.41, 5.74) is 2.11. The monoisotopic (exact) mass is 450 g/mol. The van der Waals surface area contributed by atoms with Gasteiger partial charge >= 0.3 is 0 Å². The van der Waals surface area contributed by atoms with E-state index in [1.165, 1.54) is 6.42 Å². The molecular formula is C20H26N4O6S. The van der Waals surface area contributed by atoms with Gasteiger partial charge in [-0.25, -0.2) is 8.42 Å². The van der Waals surface area contributed by atoms with Crippen molar-refractivity contribution >= 4 is 9.84 Å². The van der Waals surface area contributed by atoms with Crippen LogP contribution in [0, 0.1) is 15.0 Å². The van der Waals surface area contributed by atoms with Gasteiger partial charge in [-0.05, 0) is 49.4 Å². The summed E-state index contributed by atoms with van der Waals surface area (Å²) in [5, 5.41) is 17.3. The first-order chi connectivity index (χ1) is 14.8. The molecule has 10 nitrogen and oxygen atoms in total. The number of hydrogen-bond donors (Lipinski definition) is 0. The van der Waals surface area contributed by atoms with E-state index in [-0.39, 0.29) is 24.0 Å². The largest absolute Gasteiger partial charge is 0.314 e. The van der Waals surface area contributed by atoms with E-state index in [4.69, 9.17) is 5.10 Å². The highest BCUT2D eigenvalue weighted by Crippen LogP contribution is 2.35. The van der Waals surface area contributed by atoms with Crippen LogP contribution in [0.25, 0.3) is 11.3 Å². The third-order valence-electron chi connectivity index (χ3n) is 5.54. The van der Waals surface area contributed by atoms with E-state index in [1.807, 2.05) is 10.7 Å². The lowest BCUT2D eigenvalue weighted by atomic mass is 9.95. The number of rotatable bonds is 10. The predicted molar refractivity (Wildman–Crippen MR) is 114 cm³/mol. The van der Waals surface area contributed by atoms with Gasteiger partial charge in [0, 0.05) is 6.26 Å². The van der Waals surface area contributed by atoms with E-state index < -0.39 is 21.0 Å². The van der Waals surface area contributed by atoms with Crippen LogP contribution >= 0.6 is 0 Å². The first-order valence-electron chi connectivity index (χ1n) is 10.3. The van der Waals surface area contributed by atoms with Gasteiger partial charge in [-0.2, -0.15) is 10.0 Å². The lowest BCUT2D eigenvalue weighted by molar-refractivity contribution is -0.757. The minimum Gasteiger partial charge on any atom is -0.314 e. The smallest absolute Gasteiger partial charge is 0.294 e. The van der Waals surface area contributed by atoms with Crippen molar-refractivity contribution < 1.29 is 18.3 Å². The van der Waals surface area contributed by atoms with Gasteiger partial charge < -0.3 is 4.84 Å². The van der Waals surface area contributed by atoms with E-state index in [0.717, 1.165) is 43.2 Å². The van der Waals surface area contributed by atoms with Crippen LogP contribution in [0.4, 0.5) is 0 Å². The maximum Gasteiger partial charge on any atom is 0.294 e. The Bertz CT molecular complexity index is 1010. The zero-order chi connectivity index (χ0) is 22.4. The van der Waals surface area contributed by atoms with Crippen molar-refractivity contribution in [3.63, 3.8) is 0 Å². The van der Waals surface area contributed by atoms with Gasteiger partial charge in [0.05, 0.1) is 28.9 Å². The van der Waals surface area contributed by atoms with Gasteiger partial charge in [-0.1, -0.05) is 36.6 Å². The summed E-state index contributed by atoms with van der Waals surface area (Å²) < 4.78 is 25.5. The minimum absolute atomic E-state index is 0.109. The van der Waals surface area contributed by atoms with Crippen LogP contribution in [0.5, 0.6) is 0 Å². The summed E-state index contributed by atoms with van der Waals surface area (Å²) in [4.78, 5) is 26.3. The van der Waals surface area contributed by atoms with Gasteiger partial charge in [0.1, 0.15) is 6.04 Å². The zero-order valence-corrected chi connectivity index (χ0v) is 18.2. The topological polar surface area (TPSA) is 134 Å². The summed E-state index contributed by atoms with van der Waals surface area (Å²) in [6, 6.07) is 7.87. The summed E-state index contributed by atoms with van der Waals surface area (Å²) >= 11 is 0. The molecule has 0 N–H and O–H groups in total. The highest BCUT2D eigenvalue weighted by molar-refractivity contribution is 7.90. The Morgan fingerprint density at radius 3 is 2.52 bits per heavy atom. The normalized spacial score (nSPS) is 16.0. The van der Waals surface area contributed by atoms with Crippen LogP contribution in [0.1, 0.15) is 62.7 Å². The molecule has 1 aromatic heterocycles. The molecule has 1 atom stereocenters. The summed E-state index contributed by atoms with van der Waals surface area (Å²) in [7, 11) is -3.30. The molecule has 1 aromatic carbocycles. The maximum absolute atomic E-state index is 11.8. The van der Waals surface area contributed by atoms with Gasteiger partial charge in [0.25, 0.3) is 5.09 Å². The number of sulfone groups is 1. The second kappa shape index (κ2) is 9.99. The third-order valence-corrected chi connectivity index (χ3v) is 6.67. The summed E-state index contributed by atoms with van der Waals surface area (Å²) in [5.74, 6) is 0. The molecule has 2 aromatic rings. The Morgan fingerprint density at radius 2 is 1.94 bits per heavy atom. The average molecular weight is 451 g/mol. The van der Waals surface area contributed by atoms with E-state index >= 15 is 0 Å². The van der Waals surface area contributed by atoms with Gasteiger partial charge in [-0.3, -0.25) is 4.68 Å². The number of nitroso groups, excluding NO2 is 1. The van der Waals surface area contributed by atoms with Gasteiger partial charge in [0.2, 0.25) is 0 Å². The molecule has 0 amide bonds. The number of benzene rings is 1. The lowest BCUT2D eigenvalue weighted by Gasteiger charge is -2.24. The second-order valence-electron chi connectivity index (χ2n) is 7.81. The SMILES string of the molecule is CS(=O)(=O)c1ccc(-c2cc(C(CCCO[N+](=O)[O-])N=O)nn2C2CCCCC2)cc1. The molecule has 1 aliphatic rings. The first-order valence-corrected chi connectivity index (χ1v) is 12.2. The first kappa shape index (κ1) is 22.9. The minimum atomic E-state index is -3.30. The molecule has 168 valence electrons. The average Bonchev–Trinajstić information content (AvgIpc) is 3.19. The molecule has 0 bridgehead atoms. The quantitative estimate of drug-likeness (QED) is 0.228. The second-order valence-corrected chi connectivity index (χ2v) is 9.82. The van der Waals surface area contributed by atoms with Crippen LogP contribution < -0.4 is 0 Å². The lowest BCUT2D eigenvalue weighted by Crippen LogP contribution is -2.15. The van der Waals surface area contributed by atoms with Gasteiger partial charge in [-0.15, -0.1) is 10.1 Å². The van der Waals surface area contributed by atoms with Crippen molar-refractivity contribution in [3.05, 3.63) is 51.0 Å². The highest BCUT2D eigenvalue weighted by Gasteiger charge is 2.24. The van der Waals surface area contributed by atoms with Crippen molar-refractivity contribution in [2.24, 2.45) is 5.18 Å². The van der Waals surface area contributed by atoms with E-state index in [1.54, 1.807) is 24.3 Å². The van der Waals surface area contributed by atoms with Crippen LogP contribution in [0.2, 0.25) is 0 Å². The molecule has 1 heterocycles. The Labute approximate surface area is 180 Å². The molecular weight excluding hydrogens is 424 g/mol. The Hall–Kier alpha value is -2.82. The molecule has 3 rings (SSSR count). The van der Waals surface area contributed by atoms with Gasteiger partial charge in [0.15, 0.2) is 9.84 Å². The Morgan fingerprint density at radius 1 is 1.26 bits per heavy atom. The number of aromatic nitrogens is 2. The Balaban J connectivity index is 1.90. The third kappa shape index (κ3) is 5.87. The van der Waals surface area contributed by atoms with Crippen molar-refractivity contribution in [1.82, 2.24) is 9.78 Å². The number of nitrogens with zero attached hydrogens (tertiary/aromatic N) is 4. The van der Waals surface area contributed by atoms with Crippen LogP contribution in [0.3, 0.4) is 0 Å². The standard InChI is InChI=1S/C20H26N4O6S/c1-31(28,29)17-11-9-15(10-12-17)20-14-19(18(22-25)8-5-13-30-24(26)27)21-23(20)16-6-3-2-4-7-16/h9-12,14,16,18H,2-8,13H2,1H3. The van der Waals surface area contributed by atoms with Crippen molar-refractivity contribution in [2.75, 3.05) is 12.9 Å². The summed E-state index contributed by atoms with van der Waals surface area (Å²) in [6.07, 6.45) is 7.07. The van der Waals surface area contributed by atoms with Crippen LogP contribution in [-0.2, 0) is 14.7 Å². The molecule has 1 aliphatic carbocycles. The number of hydrogen-bond acceptors (Lipinski definition) is 8. The van der Waals surface area contributed by atoms with Crippen molar-refractivity contribution in [1.29, 1.82) is 0 Å². The molecule has 0 radical (unpaired) electrons. The fourth-order valence-corrected chi connectivity index (χ4v) is 4.57. The molecule has 1 fully saturated rings. The molecule has 31 heavy (non-hydrogen) atoms. The van der Waals surface area contributed by atoms with E-state index in [2.05, 4.69) is 10.0 Å². The fourth-order valence-electron chi connectivity index (χ4n) is 3.94. The van der Waals surface area contributed by atoms with E-state index in [0.29, 0.717) is 12.1 Å². The van der Waals surface area contributed by atoms with Crippen LogP contribution in [0.15, 0.2) is 40.4 Å². The molecule has 0 aliphatic heterocycles. The summed E-state index contributed by atoms with van der Waals surface area (Å²) in [6.45, 7) is -0.109. The van der Waals surface area contributed by atoms with E-state index in [9.17, 15) is 23.4 Å². The fraction of sp³-hybridized carbons (Fsp3) is 0.550. The van der Waals surface area contributed by atoms with Crippen molar-refractivity contribution in [2.45, 2.75) is 61.9 Å². The van der Waals surface area contributed by atoms with Crippen molar-refractivity contribution in [3.8, 4) is 11.3 Å². The molecule has 11 heteroatoms. The molecule has 1 saturated carbocycles. The Kier molecular flexibility index (Phi) is 7.37. The van der Waals surface area contributed by atoms with Crippen LogP contribution in [-0.4, -0.2) is 36.1 Å². The molecule has 0 saturated heterocycles. The molecule has 0 spiro atoms. The zero-order valence-electron chi connectivity index (χ0n) is 17.3. The predicted octanol–water partition coefficient (Wildman–Crippen LogP) is 4.25. The maximum atomic E-state index is 11.8. The highest BCUT2D eigenvalue weighted by atomic mass is 32.2.